The van der Waals surface area contributed by atoms with Crippen molar-refractivity contribution in [3.05, 3.63) is 65.2 Å². The molecule has 0 bridgehead atoms. The van der Waals surface area contributed by atoms with Crippen molar-refractivity contribution in [1.29, 1.82) is 0 Å². The minimum atomic E-state index is -4.66. The highest BCUT2D eigenvalue weighted by atomic mass is 32.2. The van der Waals surface area contributed by atoms with Crippen LogP contribution in [0.15, 0.2) is 64.6 Å². The third kappa shape index (κ3) is 5.64. The van der Waals surface area contributed by atoms with Gasteiger partial charge in [-0.25, -0.2) is 21.5 Å². The van der Waals surface area contributed by atoms with Gasteiger partial charge in [-0.3, -0.25) is 0 Å². The van der Waals surface area contributed by atoms with Crippen molar-refractivity contribution in [3.8, 4) is 11.1 Å². The van der Waals surface area contributed by atoms with Gasteiger partial charge < -0.3 is 19.7 Å². The lowest BCUT2D eigenvalue weighted by Gasteiger charge is -2.59. The molecule has 0 amide bonds. The summed E-state index contributed by atoms with van der Waals surface area (Å²) >= 11 is 0. The third-order valence-electron chi connectivity index (χ3n) is 13.4. The number of allylic oxidation sites excluding steroid dienone is 1. The molecule has 2 N–H and O–H groups in total. The highest BCUT2D eigenvalue weighted by Gasteiger charge is 2.77. The van der Waals surface area contributed by atoms with Crippen molar-refractivity contribution in [2.45, 2.75) is 119 Å². The first-order valence-electron chi connectivity index (χ1n) is 18.3. The number of alkyl halides is 4. The number of halogens is 4. The first-order valence-corrected chi connectivity index (χ1v) is 19.8. The Kier molecular flexibility index (Phi) is 8.81. The van der Waals surface area contributed by atoms with Crippen molar-refractivity contribution in [2.75, 3.05) is 27.3 Å². The molecule has 5 aliphatic rings. The van der Waals surface area contributed by atoms with E-state index in [0.29, 0.717) is 38.9 Å². The fraction of sp³-hybridized carbons (Fsp3) is 0.650. The van der Waals surface area contributed by atoms with E-state index in [1.165, 1.54) is 14.1 Å². The van der Waals surface area contributed by atoms with Crippen LogP contribution in [-0.2, 0) is 19.5 Å². The molecule has 3 unspecified atom stereocenters. The Morgan fingerprint density at radius 1 is 0.846 bits per heavy atom. The predicted octanol–water partition coefficient (Wildman–Crippen LogP) is 7.92. The first kappa shape index (κ1) is 37.9. The van der Waals surface area contributed by atoms with E-state index < -0.39 is 62.5 Å². The van der Waals surface area contributed by atoms with Crippen LogP contribution < -0.4 is 0 Å². The standard InChI is InChI=1S/C40H51F4NO6S/c1-34(2)23-50-38(51-24-34)19-16-32-33-29(15-18-37(32,46)22-38)31-17-20-39(47,40(43,44)36(4,41)42)35(31,3)21-30(33)27-9-7-25(8-10-27)26-11-13-28(14-12-26)52(48,49)45(5)6/h7-14,29-31,46-47H,15-24H2,1-6H3/t29?,30?,31?,35-,37+,39-/m0/s1. The van der Waals surface area contributed by atoms with Gasteiger partial charge in [-0.15, -0.1) is 0 Å². The van der Waals surface area contributed by atoms with Crippen LogP contribution >= 0.6 is 0 Å². The molecule has 3 saturated carbocycles. The maximum Gasteiger partial charge on any atom is 0.338 e. The maximum absolute atomic E-state index is 15.8. The lowest BCUT2D eigenvalue weighted by molar-refractivity contribution is -0.323. The molecule has 7 rings (SSSR count). The number of aliphatic hydroxyl groups is 2. The van der Waals surface area contributed by atoms with Crippen LogP contribution in [0.5, 0.6) is 0 Å². The second kappa shape index (κ2) is 12.1. The lowest BCUT2D eigenvalue weighted by Crippen LogP contribution is -2.66. The summed E-state index contributed by atoms with van der Waals surface area (Å²) in [5.41, 5.74) is -1.70. The molecule has 0 radical (unpaired) electrons. The number of hydrogen-bond donors (Lipinski definition) is 2. The molecule has 2 aromatic carbocycles. The summed E-state index contributed by atoms with van der Waals surface area (Å²) in [5.74, 6) is -11.3. The Morgan fingerprint density at radius 2 is 1.42 bits per heavy atom. The van der Waals surface area contributed by atoms with Crippen molar-refractivity contribution < 1.29 is 45.7 Å². The molecule has 6 atom stereocenters. The minimum absolute atomic E-state index is 0.00796. The van der Waals surface area contributed by atoms with Crippen LogP contribution in [0.3, 0.4) is 0 Å². The molecule has 1 spiro atoms. The topological polar surface area (TPSA) is 96.3 Å². The van der Waals surface area contributed by atoms with Crippen molar-refractivity contribution in [3.63, 3.8) is 0 Å². The molecule has 1 aliphatic heterocycles. The normalized spacial score (nSPS) is 34.6. The van der Waals surface area contributed by atoms with Crippen LogP contribution in [0.25, 0.3) is 11.1 Å². The zero-order valence-corrected chi connectivity index (χ0v) is 31.6. The average Bonchev–Trinajstić information content (AvgIpc) is 3.36. The summed E-state index contributed by atoms with van der Waals surface area (Å²) < 4.78 is 100. The van der Waals surface area contributed by atoms with Crippen LogP contribution in [-0.4, -0.2) is 79.1 Å². The molecule has 1 heterocycles. The minimum Gasteiger partial charge on any atom is -0.385 e. The van der Waals surface area contributed by atoms with Gasteiger partial charge in [-0.1, -0.05) is 62.7 Å². The number of nitrogens with zero attached hydrogens (tertiary/aromatic N) is 1. The van der Waals surface area contributed by atoms with E-state index in [-0.39, 0.29) is 42.4 Å². The van der Waals surface area contributed by atoms with Gasteiger partial charge in [0, 0.05) is 50.6 Å². The highest BCUT2D eigenvalue weighted by Crippen LogP contribution is 2.71. The van der Waals surface area contributed by atoms with E-state index in [0.717, 1.165) is 32.1 Å². The summed E-state index contributed by atoms with van der Waals surface area (Å²) in [7, 11) is -0.675. The second-order valence-corrected chi connectivity index (χ2v) is 19.7. The number of hydrogen-bond acceptors (Lipinski definition) is 6. The van der Waals surface area contributed by atoms with Gasteiger partial charge in [0.25, 0.3) is 0 Å². The lowest BCUT2D eigenvalue weighted by atomic mass is 9.49. The Morgan fingerprint density at radius 3 is 1.98 bits per heavy atom. The van der Waals surface area contributed by atoms with Crippen molar-refractivity contribution in [2.24, 2.45) is 22.7 Å². The third-order valence-corrected chi connectivity index (χ3v) is 15.2. The van der Waals surface area contributed by atoms with E-state index in [1.54, 1.807) is 31.2 Å². The molecule has 4 fully saturated rings. The van der Waals surface area contributed by atoms with E-state index in [9.17, 15) is 27.4 Å². The SMILES string of the molecule is CN(C)S(=O)(=O)c1ccc(-c2ccc(C3C[C@@]4(C)C(CC[C@@]4(O)C(F)(F)C(C)(F)F)C4CC[C@@]5(O)CC6(CCC5=C34)OCC(C)(C)CO6)cc2)cc1. The fourth-order valence-electron chi connectivity index (χ4n) is 10.4. The molecular formula is C40H51F4NO6S. The van der Waals surface area contributed by atoms with Gasteiger partial charge in [-0.2, -0.15) is 8.78 Å². The maximum atomic E-state index is 15.8. The predicted molar refractivity (Wildman–Crippen MR) is 188 cm³/mol. The highest BCUT2D eigenvalue weighted by molar-refractivity contribution is 7.89. The van der Waals surface area contributed by atoms with Gasteiger partial charge in [0.2, 0.25) is 10.0 Å². The van der Waals surface area contributed by atoms with Crippen LogP contribution in [0.2, 0.25) is 0 Å². The number of sulfonamides is 1. The van der Waals surface area contributed by atoms with Crippen LogP contribution in [0, 0.1) is 22.7 Å². The summed E-state index contributed by atoms with van der Waals surface area (Å²) in [4.78, 5) is 0.160. The quantitative estimate of drug-likeness (QED) is 0.230. The van der Waals surface area contributed by atoms with Gasteiger partial charge >= 0.3 is 11.8 Å². The largest absolute Gasteiger partial charge is 0.385 e. The van der Waals surface area contributed by atoms with Gasteiger partial charge in [0.05, 0.1) is 23.7 Å². The number of fused-ring (bicyclic) bond motifs is 4. The average molecular weight is 750 g/mol. The number of rotatable bonds is 6. The van der Waals surface area contributed by atoms with Crippen molar-refractivity contribution in [1.82, 2.24) is 4.31 Å². The Balaban J connectivity index is 1.30. The summed E-state index contributed by atoms with van der Waals surface area (Å²) in [6.07, 6.45) is 1.80. The second-order valence-electron chi connectivity index (χ2n) is 17.5. The first-order chi connectivity index (χ1) is 24.0. The Bertz CT molecular complexity index is 1850. The van der Waals surface area contributed by atoms with Gasteiger partial charge in [0.15, 0.2) is 5.79 Å². The van der Waals surface area contributed by atoms with E-state index in [4.69, 9.17) is 9.47 Å². The van der Waals surface area contributed by atoms with Gasteiger partial charge in [0.1, 0.15) is 5.60 Å². The molecule has 1 saturated heterocycles. The van der Waals surface area contributed by atoms with E-state index in [2.05, 4.69) is 13.8 Å². The summed E-state index contributed by atoms with van der Waals surface area (Å²) in [6, 6.07) is 14.1. The molecule has 0 aromatic heterocycles. The van der Waals surface area contributed by atoms with Crippen molar-refractivity contribution >= 4 is 10.0 Å². The number of benzene rings is 2. The molecule has 52 heavy (non-hydrogen) atoms. The smallest absolute Gasteiger partial charge is 0.338 e. The van der Waals surface area contributed by atoms with E-state index in [1.807, 2.05) is 24.3 Å². The van der Waals surface area contributed by atoms with Crippen LogP contribution in [0.4, 0.5) is 17.6 Å². The van der Waals surface area contributed by atoms with Crippen LogP contribution in [0.1, 0.15) is 90.5 Å². The molecule has 12 heteroatoms. The zero-order valence-electron chi connectivity index (χ0n) is 30.8. The monoisotopic (exact) mass is 749 g/mol. The summed E-state index contributed by atoms with van der Waals surface area (Å²) in [5, 5.41) is 24.3. The summed E-state index contributed by atoms with van der Waals surface area (Å²) in [6.45, 7) is 6.88. The van der Waals surface area contributed by atoms with E-state index >= 15 is 8.78 Å². The van der Waals surface area contributed by atoms with Gasteiger partial charge in [-0.05, 0) is 84.8 Å². The molecule has 7 nitrogen and oxygen atoms in total. The zero-order chi connectivity index (χ0) is 37.9. The molecular weight excluding hydrogens is 698 g/mol. The molecule has 2 aromatic rings. The fourth-order valence-corrected chi connectivity index (χ4v) is 11.3. The molecule has 4 aliphatic carbocycles. The Labute approximate surface area is 304 Å². The Hall–Kier alpha value is -2.35. The molecule has 286 valence electrons. The number of ether oxygens (including phenoxy) is 2.